The van der Waals surface area contributed by atoms with E-state index in [1.807, 2.05) is 11.6 Å². The number of fused-ring (bicyclic) bond motifs is 2. The molecule has 5 rings (SSSR count). The Labute approximate surface area is 204 Å². The molecule has 34 heavy (non-hydrogen) atoms. The molecular formula is C25H30ClFN6O. The fraction of sp³-hybridized carbons (Fsp3) is 0.520. The third kappa shape index (κ3) is 4.87. The van der Waals surface area contributed by atoms with Gasteiger partial charge in [0.1, 0.15) is 23.7 Å². The lowest BCUT2D eigenvalue weighted by Gasteiger charge is -2.38. The molecule has 1 saturated carbocycles. The second-order valence-electron chi connectivity index (χ2n) is 9.95. The number of rotatable bonds is 7. The Morgan fingerprint density at radius 2 is 1.91 bits per heavy atom. The van der Waals surface area contributed by atoms with Gasteiger partial charge in [0, 0.05) is 43.9 Å². The topological polar surface area (TPSA) is 69.0 Å². The molecule has 1 unspecified atom stereocenters. The average molecular weight is 485 g/mol. The minimum atomic E-state index is -0.475. The number of aryl methyl sites for hydroxylation is 1. The van der Waals surface area contributed by atoms with Crippen LogP contribution in [0.15, 0.2) is 30.6 Å². The maximum atomic E-state index is 13.6. The van der Waals surface area contributed by atoms with E-state index in [1.54, 1.807) is 12.4 Å². The summed E-state index contributed by atoms with van der Waals surface area (Å²) in [4.78, 5) is 15.9. The van der Waals surface area contributed by atoms with Crippen molar-refractivity contribution in [3.05, 3.63) is 53.0 Å². The minimum Gasteiger partial charge on any atom is -0.424 e. The Hall–Kier alpha value is -2.74. The molecule has 9 heteroatoms. The third-order valence-electron chi connectivity index (χ3n) is 6.88. The van der Waals surface area contributed by atoms with E-state index >= 15 is 0 Å². The van der Waals surface area contributed by atoms with E-state index in [1.165, 1.54) is 25.0 Å². The van der Waals surface area contributed by atoms with Gasteiger partial charge in [0.25, 0.3) is 0 Å². The van der Waals surface area contributed by atoms with Crippen LogP contribution < -0.4 is 9.64 Å². The SMILES string of the molecule is Cc1cc(N2C[C@H]3CC[C@@H](C2)C3Cc2nc(Oc3ccc(F)c(Cl)c3)n(CC(C)C)n2)ncn1. The molecule has 2 bridgehead atoms. The number of hydrogen-bond acceptors (Lipinski definition) is 6. The van der Waals surface area contributed by atoms with Crippen LogP contribution in [0.3, 0.4) is 0 Å². The maximum Gasteiger partial charge on any atom is 0.320 e. The van der Waals surface area contributed by atoms with Gasteiger partial charge in [-0.1, -0.05) is 25.4 Å². The number of hydrogen-bond donors (Lipinski definition) is 0. The molecule has 3 aromatic rings. The Balaban J connectivity index is 1.33. The van der Waals surface area contributed by atoms with E-state index in [-0.39, 0.29) is 5.02 Å². The van der Waals surface area contributed by atoms with E-state index in [9.17, 15) is 4.39 Å². The zero-order valence-corrected chi connectivity index (χ0v) is 20.5. The maximum absolute atomic E-state index is 13.6. The quantitative estimate of drug-likeness (QED) is 0.452. The predicted octanol–water partition coefficient (Wildman–Crippen LogP) is 5.32. The Morgan fingerprint density at radius 3 is 2.59 bits per heavy atom. The molecule has 2 aromatic heterocycles. The summed E-state index contributed by atoms with van der Waals surface area (Å²) in [6.45, 7) is 8.96. The van der Waals surface area contributed by atoms with E-state index in [2.05, 4.69) is 34.8 Å². The van der Waals surface area contributed by atoms with Crippen molar-refractivity contribution in [2.24, 2.45) is 23.7 Å². The number of nitrogens with zero attached hydrogens (tertiary/aromatic N) is 6. The van der Waals surface area contributed by atoms with Crippen LogP contribution in [-0.4, -0.2) is 37.8 Å². The van der Waals surface area contributed by atoms with Crippen molar-refractivity contribution in [1.82, 2.24) is 24.7 Å². The van der Waals surface area contributed by atoms with E-state index in [4.69, 9.17) is 26.4 Å². The molecule has 3 heterocycles. The van der Waals surface area contributed by atoms with Crippen LogP contribution in [0.4, 0.5) is 10.2 Å². The molecule has 3 atom stereocenters. The second-order valence-corrected chi connectivity index (χ2v) is 10.4. The fourth-order valence-electron chi connectivity index (χ4n) is 5.32. The molecule has 7 nitrogen and oxygen atoms in total. The predicted molar refractivity (Wildman–Crippen MR) is 129 cm³/mol. The van der Waals surface area contributed by atoms with Gasteiger partial charge >= 0.3 is 6.01 Å². The second kappa shape index (κ2) is 9.49. The molecule has 2 fully saturated rings. The number of anilines is 1. The van der Waals surface area contributed by atoms with E-state index in [0.717, 1.165) is 36.8 Å². The first-order valence-corrected chi connectivity index (χ1v) is 12.3. The molecule has 1 aliphatic heterocycles. The van der Waals surface area contributed by atoms with Crippen molar-refractivity contribution in [3.8, 4) is 11.8 Å². The van der Waals surface area contributed by atoms with Crippen LogP contribution >= 0.6 is 11.6 Å². The van der Waals surface area contributed by atoms with E-state index in [0.29, 0.717) is 42.0 Å². The molecule has 0 spiro atoms. The summed E-state index contributed by atoms with van der Waals surface area (Å²) >= 11 is 5.93. The molecule has 1 aliphatic carbocycles. The summed E-state index contributed by atoms with van der Waals surface area (Å²) < 4.78 is 21.4. The minimum absolute atomic E-state index is 0.0230. The van der Waals surface area contributed by atoms with Crippen molar-refractivity contribution in [2.75, 3.05) is 18.0 Å². The fourth-order valence-corrected chi connectivity index (χ4v) is 5.50. The molecule has 2 aliphatic rings. The third-order valence-corrected chi connectivity index (χ3v) is 7.17. The summed E-state index contributed by atoms with van der Waals surface area (Å²) in [5.41, 5.74) is 0.995. The lowest BCUT2D eigenvalue weighted by atomic mass is 9.82. The number of benzene rings is 1. The molecular weight excluding hydrogens is 455 g/mol. The van der Waals surface area contributed by atoms with Crippen LogP contribution in [0, 0.1) is 36.4 Å². The van der Waals surface area contributed by atoms with Gasteiger partial charge in [-0.15, -0.1) is 0 Å². The van der Waals surface area contributed by atoms with E-state index < -0.39 is 5.82 Å². The number of halogens is 2. The summed E-state index contributed by atoms with van der Waals surface area (Å²) in [6, 6.07) is 6.82. The van der Waals surface area contributed by atoms with Gasteiger partial charge < -0.3 is 9.64 Å². The highest BCUT2D eigenvalue weighted by Crippen LogP contribution is 2.44. The lowest BCUT2D eigenvalue weighted by molar-refractivity contribution is 0.264. The highest BCUT2D eigenvalue weighted by atomic mass is 35.5. The molecule has 0 N–H and O–H groups in total. The summed E-state index contributed by atoms with van der Waals surface area (Å²) in [5, 5.41) is 4.83. The first kappa shape index (κ1) is 23.0. The van der Waals surface area contributed by atoms with Gasteiger partial charge in [-0.25, -0.2) is 19.0 Å². The van der Waals surface area contributed by atoms with Crippen molar-refractivity contribution in [2.45, 2.75) is 46.6 Å². The summed E-state index contributed by atoms with van der Waals surface area (Å²) in [6.07, 6.45) is 4.93. The zero-order valence-electron chi connectivity index (χ0n) is 19.8. The number of aromatic nitrogens is 5. The van der Waals surface area contributed by atoms with Gasteiger partial charge in [-0.05, 0) is 55.6 Å². The van der Waals surface area contributed by atoms with Crippen molar-refractivity contribution < 1.29 is 9.13 Å². The van der Waals surface area contributed by atoms with Gasteiger partial charge in [0.15, 0.2) is 5.82 Å². The van der Waals surface area contributed by atoms with Crippen LogP contribution in [0.1, 0.15) is 38.2 Å². The van der Waals surface area contributed by atoms with Gasteiger partial charge in [-0.2, -0.15) is 10.1 Å². The first-order chi connectivity index (χ1) is 16.4. The normalized spacial score (nSPS) is 21.9. The Morgan fingerprint density at radius 1 is 1.15 bits per heavy atom. The summed E-state index contributed by atoms with van der Waals surface area (Å²) in [7, 11) is 0. The smallest absolute Gasteiger partial charge is 0.320 e. The largest absolute Gasteiger partial charge is 0.424 e. The van der Waals surface area contributed by atoms with Gasteiger partial charge in [0.2, 0.25) is 0 Å². The average Bonchev–Trinajstić information content (AvgIpc) is 3.24. The highest BCUT2D eigenvalue weighted by molar-refractivity contribution is 6.30. The molecule has 0 radical (unpaired) electrons. The van der Waals surface area contributed by atoms with Crippen LogP contribution in [-0.2, 0) is 13.0 Å². The van der Waals surface area contributed by atoms with Gasteiger partial charge in [0.05, 0.1) is 5.02 Å². The standard InChI is InChI=1S/C25H30ClFN6O/c1-15(2)11-33-25(34-19-6-7-22(27)21(26)9-19)30-23(31-33)10-20-17-4-5-18(20)13-32(12-17)24-8-16(3)28-14-29-24/h6-9,14-15,17-18,20H,4-5,10-13H2,1-3H3/t17-,18+,20?. The van der Waals surface area contributed by atoms with Crippen molar-refractivity contribution in [3.63, 3.8) is 0 Å². The Bertz CT molecular complexity index is 1150. The van der Waals surface area contributed by atoms with Crippen LogP contribution in [0.25, 0.3) is 0 Å². The molecule has 0 amide bonds. The number of piperidine rings is 1. The highest BCUT2D eigenvalue weighted by Gasteiger charge is 2.42. The Kier molecular flexibility index (Phi) is 6.42. The zero-order chi connectivity index (χ0) is 23.8. The van der Waals surface area contributed by atoms with Crippen molar-refractivity contribution >= 4 is 17.4 Å². The molecule has 1 saturated heterocycles. The van der Waals surface area contributed by atoms with Crippen molar-refractivity contribution in [1.29, 1.82) is 0 Å². The molecule has 180 valence electrons. The van der Waals surface area contributed by atoms with Crippen LogP contribution in [0.5, 0.6) is 11.8 Å². The monoisotopic (exact) mass is 484 g/mol. The van der Waals surface area contributed by atoms with Crippen LogP contribution in [0.2, 0.25) is 5.02 Å². The first-order valence-electron chi connectivity index (χ1n) is 12.0. The summed E-state index contributed by atoms with van der Waals surface area (Å²) in [5.74, 6) is 3.90. The number of ether oxygens (including phenoxy) is 1. The molecule has 1 aromatic carbocycles. The van der Waals surface area contributed by atoms with Gasteiger partial charge in [-0.3, -0.25) is 0 Å². The lowest BCUT2D eigenvalue weighted by Crippen LogP contribution is -2.43.